The number of hydrogen-bond acceptors (Lipinski definition) is 4. The van der Waals surface area contributed by atoms with Crippen LogP contribution in [0.3, 0.4) is 0 Å². The molecule has 1 N–H and O–H groups in total. The van der Waals surface area contributed by atoms with Crippen LogP contribution in [0.25, 0.3) is 0 Å². The molecular formula is C11H15BrFNO4S2. The van der Waals surface area contributed by atoms with Crippen molar-refractivity contribution < 1.29 is 21.2 Å². The van der Waals surface area contributed by atoms with Crippen molar-refractivity contribution in [2.45, 2.75) is 23.5 Å². The van der Waals surface area contributed by atoms with Gasteiger partial charge in [-0.3, -0.25) is 0 Å². The van der Waals surface area contributed by atoms with Gasteiger partial charge in [0.05, 0.1) is 14.1 Å². The fourth-order valence-corrected chi connectivity index (χ4v) is 3.02. The molecule has 114 valence electrons. The van der Waals surface area contributed by atoms with Crippen LogP contribution in [0.4, 0.5) is 4.39 Å². The Balaban J connectivity index is 3.00. The first-order chi connectivity index (χ1) is 8.87. The molecule has 0 amide bonds. The molecule has 1 aromatic rings. The van der Waals surface area contributed by atoms with Gasteiger partial charge in [0.15, 0.2) is 9.84 Å². The smallest absolute Gasteiger partial charge is 0.229 e. The predicted octanol–water partition coefficient (Wildman–Crippen LogP) is 1.69. The zero-order valence-electron chi connectivity index (χ0n) is 11.1. The van der Waals surface area contributed by atoms with Crippen molar-refractivity contribution in [2.75, 3.05) is 12.8 Å². The fourth-order valence-electron chi connectivity index (χ4n) is 1.13. The lowest BCUT2D eigenvalue weighted by Crippen LogP contribution is -2.43. The highest BCUT2D eigenvalue weighted by atomic mass is 79.9. The van der Waals surface area contributed by atoms with Crippen molar-refractivity contribution in [1.29, 1.82) is 0 Å². The minimum Gasteiger partial charge on any atom is -0.229 e. The summed E-state index contributed by atoms with van der Waals surface area (Å²) >= 11 is 2.92. The third-order valence-corrected chi connectivity index (χ3v) is 7.09. The summed E-state index contributed by atoms with van der Waals surface area (Å²) in [5.41, 5.74) is 0. The number of sulfonamides is 1. The predicted molar refractivity (Wildman–Crippen MR) is 78.2 cm³/mol. The van der Waals surface area contributed by atoms with E-state index in [1.165, 1.54) is 26.0 Å². The van der Waals surface area contributed by atoms with E-state index >= 15 is 0 Å². The third-order valence-electron chi connectivity index (χ3n) is 2.89. The van der Waals surface area contributed by atoms with E-state index in [4.69, 9.17) is 0 Å². The quantitative estimate of drug-likeness (QED) is 0.833. The molecule has 0 bridgehead atoms. The summed E-state index contributed by atoms with van der Waals surface area (Å²) in [6.07, 6.45) is 1.03. The van der Waals surface area contributed by atoms with Crippen molar-refractivity contribution in [3.8, 4) is 0 Å². The number of rotatable bonds is 5. The lowest BCUT2D eigenvalue weighted by molar-refractivity contribution is 0.536. The minimum absolute atomic E-state index is 0.146. The van der Waals surface area contributed by atoms with Gasteiger partial charge in [0.25, 0.3) is 0 Å². The number of benzene rings is 1. The van der Waals surface area contributed by atoms with Crippen LogP contribution >= 0.6 is 15.9 Å². The molecule has 1 aromatic carbocycles. The standard InChI is InChI=1S/C11H15BrFNO4S2/c1-11(2,19(3,15)16)7-14-20(17,18)8-4-5-9(12)10(13)6-8/h4-6,14H,7H2,1-3H3. The van der Waals surface area contributed by atoms with Crippen LogP contribution in [0, 0.1) is 5.82 Å². The molecule has 0 aromatic heterocycles. The average molecular weight is 388 g/mol. The highest BCUT2D eigenvalue weighted by Crippen LogP contribution is 2.20. The minimum atomic E-state index is -3.97. The normalized spacial score (nSPS) is 13.4. The third kappa shape index (κ3) is 4.00. The van der Waals surface area contributed by atoms with Crippen LogP contribution < -0.4 is 4.72 Å². The van der Waals surface area contributed by atoms with Crippen molar-refractivity contribution in [1.82, 2.24) is 4.72 Å². The summed E-state index contributed by atoms with van der Waals surface area (Å²) in [5, 5.41) is 0. The Morgan fingerprint density at radius 3 is 2.25 bits per heavy atom. The molecule has 0 spiro atoms. The molecule has 0 aliphatic carbocycles. The second kappa shape index (κ2) is 5.70. The summed E-state index contributed by atoms with van der Waals surface area (Å²) in [6, 6.07) is 3.36. The fraction of sp³-hybridized carbons (Fsp3) is 0.455. The van der Waals surface area contributed by atoms with Crippen molar-refractivity contribution in [3.05, 3.63) is 28.5 Å². The number of nitrogens with one attached hydrogen (secondary N) is 1. The van der Waals surface area contributed by atoms with Crippen LogP contribution in [0.5, 0.6) is 0 Å². The summed E-state index contributed by atoms with van der Waals surface area (Å²) in [5.74, 6) is -0.713. The van der Waals surface area contributed by atoms with E-state index in [-0.39, 0.29) is 15.9 Å². The molecule has 0 heterocycles. The van der Waals surface area contributed by atoms with Crippen LogP contribution in [-0.4, -0.2) is 34.4 Å². The van der Waals surface area contributed by atoms with Crippen LogP contribution in [-0.2, 0) is 19.9 Å². The van der Waals surface area contributed by atoms with Gasteiger partial charge >= 0.3 is 0 Å². The maximum Gasteiger partial charge on any atom is 0.240 e. The summed E-state index contributed by atoms with van der Waals surface area (Å²) in [7, 11) is -7.40. The molecule has 0 fully saturated rings. The molecule has 0 aliphatic rings. The Labute approximate surface area is 126 Å². The van der Waals surface area contributed by atoms with Gasteiger partial charge in [0.2, 0.25) is 10.0 Å². The molecule has 9 heteroatoms. The molecule has 0 radical (unpaired) electrons. The topological polar surface area (TPSA) is 80.3 Å². The zero-order chi connectivity index (χ0) is 15.8. The Bertz CT molecular complexity index is 714. The molecular weight excluding hydrogens is 373 g/mol. The van der Waals surface area contributed by atoms with Gasteiger partial charge < -0.3 is 0 Å². The Hall–Kier alpha value is -0.510. The van der Waals surface area contributed by atoms with E-state index in [2.05, 4.69) is 20.7 Å². The first kappa shape index (κ1) is 17.5. The van der Waals surface area contributed by atoms with Gasteiger partial charge in [-0.05, 0) is 48.0 Å². The van der Waals surface area contributed by atoms with Crippen LogP contribution in [0.15, 0.2) is 27.6 Å². The van der Waals surface area contributed by atoms with Gasteiger partial charge in [-0.15, -0.1) is 0 Å². The van der Waals surface area contributed by atoms with Gasteiger partial charge in [0, 0.05) is 12.8 Å². The van der Waals surface area contributed by atoms with Gasteiger partial charge in [-0.25, -0.2) is 25.9 Å². The second-order valence-corrected chi connectivity index (χ2v) is 10.2. The van der Waals surface area contributed by atoms with E-state index in [0.29, 0.717) is 0 Å². The summed E-state index contributed by atoms with van der Waals surface area (Å²) < 4.78 is 61.4. The number of halogens is 2. The molecule has 20 heavy (non-hydrogen) atoms. The zero-order valence-corrected chi connectivity index (χ0v) is 14.4. The van der Waals surface area contributed by atoms with Gasteiger partial charge in [-0.2, -0.15) is 0 Å². The van der Waals surface area contributed by atoms with Gasteiger partial charge in [0.1, 0.15) is 5.82 Å². The number of hydrogen-bond donors (Lipinski definition) is 1. The van der Waals surface area contributed by atoms with E-state index in [0.717, 1.165) is 12.3 Å². The maximum atomic E-state index is 13.3. The summed E-state index contributed by atoms with van der Waals surface area (Å²) in [6.45, 7) is 2.52. The Morgan fingerprint density at radius 1 is 1.25 bits per heavy atom. The van der Waals surface area contributed by atoms with Gasteiger partial charge in [-0.1, -0.05) is 0 Å². The lowest BCUT2D eigenvalue weighted by Gasteiger charge is -2.22. The summed E-state index contributed by atoms with van der Waals surface area (Å²) in [4.78, 5) is -0.262. The molecule has 1 rings (SSSR count). The average Bonchev–Trinajstić information content (AvgIpc) is 2.29. The SMILES string of the molecule is CC(C)(CNS(=O)(=O)c1ccc(Br)c(F)c1)S(C)(=O)=O. The number of sulfone groups is 1. The molecule has 5 nitrogen and oxygen atoms in total. The van der Waals surface area contributed by atoms with E-state index in [1.807, 2.05) is 0 Å². The second-order valence-electron chi connectivity index (χ2n) is 4.93. The van der Waals surface area contributed by atoms with E-state index in [9.17, 15) is 21.2 Å². The highest BCUT2D eigenvalue weighted by molar-refractivity contribution is 9.10. The Morgan fingerprint density at radius 2 is 1.80 bits per heavy atom. The molecule has 0 saturated carbocycles. The monoisotopic (exact) mass is 387 g/mol. The molecule has 0 atom stereocenters. The van der Waals surface area contributed by atoms with Crippen LogP contribution in [0.2, 0.25) is 0 Å². The van der Waals surface area contributed by atoms with Crippen molar-refractivity contribution in [2.24, 2.45) is 0 Å². The maximum absolute atomic E-state index is 13.3. The lowest BCUT2D eigenvalue weighted by atomic mass is 10.2. The highest BCUT2D eigenvalue weighted by Gasteiger charge is 2.32. The first-order valence-electron chi connectivity index (χ1n) is 5.51. The largest absolute Gasteiger partial charge is 0.240 e. The molecule has 0 aliphatic heterocycles. The van der Waals surface area contributed by atoms with Crippen molar-refractivity contribution in [3.63, 3.8) is 0 Å². The molecule has 0 saturated heterocycles. The first-order valence-corrected chi connectivity index (χ1v) is 9.68. The molecule has 0 unspecified atom stereocenters. The van der Waals surface area contributed by atoms with Crippen LogP contribution in [0.1, 0.15) is 13.8 Å². The van der Waals surface area contributed by atoms with E-state index < -0.39 is 30.4 Å². The van der Waals surface area contributed by atoms with Crippen molar-refractivity contribution >= 4 is 35.8 Å². The Kier molecular flexibility index (Phi) is 5.00. The van der Waals surface area contributed by atoms with E-state index in [1.54, 1.807) is 0 Å².